The van der Waals surface area contributed by atoms with Gasteiger partial charge < -0.3 is 45.3 Å². The molecule has 6 N–H and O–H groups in total. The lowest BCUT2D eigenvalue weighted by Gasteiger charge is -2.46. The number of hydrogen-bond acceptors (Lipinski definition) is 13. The van der Waals surface area contributed by atoms with Gasteiger partial charge >= 0.3 is 24.9 Å². The Kier molecular flexibility index (Phi) is 18.5. The molecule has 3 aromatic carbocycles. The number of amides is 3. The van der Waals surface area contributed by atoms with E-state index in [0.29, 0.717) is 16.7 Å². The van der Waals surface area contributed by atoms with E-state index in [1.807, 2.05) is 0 Å². The summed E-state index contributed by atoms with van der Waals surface area (Å²) >= 11 is 0. The van der Waals surface area contributed by atoms with Crippen LogP contribution < -0.4 is 45.3 Å². The van der Waals surface area contributed by atoms with E-state index in [-0.39, 0.29) is 77.8 Å². The number of halogens is 6. The third-order valence-corrected chi connectivity index (χ3v) is 12.0. The summed E-state index contributed by atoms with van der Waals surface area (Å²) in [6.07, 6.45) is 0.0315. The maximum absolute atomic E-state index is 13.9. The molecule has 16 nitrogen and oxygen atoms in total. The first-order valence-corrected chi connectivity index (χ1v) is 22.9. The van der Waals surface area contributed by atoms with E-state index in [2.05, 4.69) is 16.0 Å². The molecule has 0 atom stereocenters. The van der Waals surface area contributed by atoms with Gasteiger partial charge in [-0.2, -0.15) is 26.3 Å². The van der Waals surface area contributed by atoms with Gasteiger partial charge in [0.2, 0.25) is 17.7 Å². The van der Waals surface area contributed by atoms with Crippen molar-refractivity contribution in [2.45, 2.75) is 55.5 Å². The molecule has 0 fully saturated rings. The maximum Gasteiger partial charge on any atom is 0.428 e. The Bertz CT molecular complexity index is 1680. The van der Waals surface area contributed by atoms with E-state index < -0.39 is 75.2 Å². The van der Waals surface area contributed by atoms with Crippen molar-refractivity contribution in [3.05, 3.63) is 106 Å². The van der Waals surface area contributed by atoms with Gasteiger partial charge in [-0.15, -0.1) is 0 Å². The molecule has 0 saturated heterocycles. The number of benzene rings is 3. The largest absolute Gasteiger partial charge is 0.683 e. The van der Waals surface area contributed by atoms with Crippen LogP contribution in [0.25, 0.3) is 0 Å². The zero-order valence-corrected chi connectivity index (χ0v) is 34.7. The second kappa shape index (κ2) is 21.8. The summed E-state index contributed by atoms with van der Waals surface area (Å²) in [6.45, 7) is 0.879. The molecule has 25 heteroatoms. The molecular weight excluding hydrogens is 887 g/mol. The predicted molar refractivity (Wildman–Crippen MR) is 199 cm³/mol. The van der Waals surface area contributed by atoms with Gasteiger partial charge in [-0.05, 0) is 72.4 Å². The molecule has 3 rings (SSSR count). The minimum absolute atomic E-state index is 0.0738. The molecule has 0 bridgehead atoms. The van der Waals surface area contributed by atoms with Crippen molar-refractivity contribution in [3.8, 4) is 0 Å². The SMILES string of the molecule is O=C(CCc1ccc(C(F)(F)[P+]([O-])([O-])[O-])cc1)NCCN(CCNC(=O)CCc1ccc(C(F)(F)[P+]([O-])([O-])O)cc1)CCNC(=O)CCc1ccc(C(F)(F)[P+]([O-])(O)O)cc1. The van der Waals surface area contributed by atoms with Crippen molar-refractivity contribution in [2.24, 2.45) is 0 Å². The lowest BCUT2D eigenvalue weighted by Crippen LogP contribution is -2.43. The first-order chi connectivity index (χ1) is 28.1. The van der Waals surface area contributed by atoms with E-state index in [0.717, 1.165) is 48.5 Å². The Hall–Kier alpha value is -3.46. The summed E-state index contributed by atoms with van der Waals surface area (Å²) in [6, 6.07) is 12.0. The van der Waals surface area contributed by atoms with Crippen molar-refractivity contribution in [1.82, 2.24) is 20.9 Å². The molecule has 3 amide bonds. The van der Waals surface area contributed by atoms with Gasteiger partial charge in [0.15, 0.2) is 0 Å². The molecule has 3 aromatic rings. The van der Waals surface area contributed by atoms with Gasteiger partial charge in [-0.25, -0.2) is 9.79 Å². The van der Waals surface area contributed by atoms with Gasteiger partial charge in [-0.1, -0.05) is 44.3 Å². The molecule has 0 saturated carbocycles. The van der Waals surface area contributed by atoms with Crippen molar-refractivity contribution in [3.63, 3.8) is 0 Å². The predicted octanol–water partition coefficient (Wildman–Crippen LogP) is -0.890. The Morgan fingerprint density at radius 3 is 1.03 bits per heavy atom. The number of aryl methyl sites for hydroxylation is 3. The minimum atomic E-state index is -6.25. The molecule has 0 unspecified atom stereocenters. The number of alkyl halides is 6. The molecule has 61 heavy (non-hydrogen) atoms. The number of nitrogens with zero attached hydrogens (tertiary/aromatic N) is 1. The number of nitrogens with one attached hydrogen (secondary N) is 3. The van der Waals surface area contributed by atoms with Crippen molar-refractivity contribution in [2.75, 3.05) is 39.3 Å². The standard InChI is InChI=1S/C36H45F6N4O12P3/c37-34(38,59(50,51)52)28-10-1-25(2-11-28)7-16-31(47)43-19-22-46(23-20-44-32(48)17-8-26-3-12-29(13-4-26)35(39,40)60(53,54)55)24-21-45-33(49)18-9-27-5-14-30(15-6-27)36(41,42)61(56,57)58/h1-6,10-15H,7-9,16-24H2,(H,43,47)(H,44,48)(H,45,49)(H2,50,51,52)(H2,53,54,55)(H2,56,57,58)/p-3. The molecule has 0 spiro atoms. The quantitative estimate of drug-likeness (QED) is 0.0470. The third-order valence-electron chi connectivity index (χ3n) is 9.14. The molecule has 0 aromatic heterocycles. The summed E-state index contributed by atoms with van der Waals surface area (Å²) in [5.74, 6) is -1.29. The Morgan fingerprint density at radius 1 is 0.492 bits per heavy atom. The minimum Gasteiger partial charge on any atom is -0.683 e. The lowest BCUT2D eigenvalue weighted by molar-refractivity contribution is -0.447. The van der Waals surface area contributed by atoms with Crippen LogP contribution >= 0.6 is 23.8 Å². The molecular formula is C36H42F6N4O12P3-3. The molecule has 0 radical (unpaired) electrons. The van der Waals surface area contributed by atoms with Crippen LogP contribution in [0.2, 0.25) is 0 Å². The highest BCUT2D eigenvalue weighted by atomic mass is 31.2. The maximum atomic E-state index is 13.9. The average molecular weight is 930 g/mol. The molecule has 0 aliphatic heterocycles. The zero-order valence-electron chi connectivity index (χ0n) is 32.0. The molecule has 338 valence electrons. The van der Waals surface area contributed by atoms with Crippen molar-refractivity contribution < 1.29 is 84.8 Å². The van der Waals surface area contributed by atoms with Crippen LogP contribution in [0.4, 0.5) is 26.3 Å². The summed E-state index contributed by atoms with van der Waals surface area (Å²) in [5, 5.41) is 8.05. The fourth-order valence-electron chi connectivity index (χ4n) is 5.54. The van der Waals surface area contributed by atoms with Crippen LogP contribution in [-0.2, 0) is 50.6 Å². The van der Waals surface area contributed by atoms with Gasteiger partial charge in [0.1, 0.15) is 7.94 Å². The number of carbonyl (C=O) groups is 3. The van der Waals surface area contributed by atoms with Crippen LogP contribution in [0.15, 0.2) is 72.8 Å². The monoisotopic (exact) mass is 929 g/mol. The van der Waals surface area contributed by atoms with E-state index in [1.165, 1.54) is 24.3 Å². The van der Waals surface area contributed by atoms with Gasteiger partial charge in [0.05, 0.1) is 16.7 Å². The topological polar surface area (TPSA) is 290 Å². The molecule has 0 aliphatic carbocycles. The fraction of sp³-hybridized carbons (Fsp3) is 0.417. The lowest BCUT2D eigenvalue weighted by atomic mass is 10.1. The van der Waals surface area contributed by atoms with E-state index in [9.17, 15) is 70.1 Å². The number of hydrogen-bond donors (Lipinski definition) is 6. The van der Waals surface area contributed by atoms with E-state index in [1.54, 1.807) is 4.90 Å². The van der Waals surface area contributed by atoms with Gasteiger partial charge in [-0.3, -0.25) is 24.2 Å². The fourth-order valence-corrected chi connectivity index (χ4v) is 6.97. The highest BCUT2D eigenvalue weighted by Gasteiger charge is 2.55. The number of rotatable bonds is 24. The highest BCUT2D eigenvalue weighted by molar-refractivity contribution is 7.58. The normalized spacial score (nSPS) is 13.0. The summed E-state index contributed by atoms with van der Waals surface area (Å²) in [4.78, 5) is 132. The summed E-state index contributed by atoms with van der Waals surface area (Å²) in [5.41, 5.74) is -15.1. The third kappa shape index (κ3) is 15.4. The Morgan fingerprint density at radius 2 is 0.770 bits per heavy atom. The molecule has 0 aliphatic rings. The van der Waals surface area contributed by atoms with Crippen LogP contribution in [0.1, 0.15) is 52.6 Å². The smallest absolute Gasteiger partial charge is 0.428 e. The summed E-state index contributed by atoms with van der Waals surface area (Å²) < 4.78 is 83.2. The Labute approximate surface area is 347 Å². The van der Waals surface area contributed by atoms with E-state index >= 15 is 0 Å². The van der Waals surface area contributed by atoms with Crippen LogP contribution in [-0.4, -0.2) is 76.6 Å². The Balaban J connectivity index is 1.51. The van der Waals surface area contributed by atoms with Crippen molar-refractivity contribution in [1.29, 1.82) is 0 Å². The van der Waals surface area contributed by atoms with Crippen LogP contribution in [0.3, 0.4) is 0 Å². The second-order valence-electron chi connectivity index (χ2n) is 13.7. The second-order valence-corrected chi connectivity index (χ2v) is 18.5. The molecule has 0 heterocycles. The highest BCUT2D eigenvalue weighted by Crippen LogP contribution is 2.62. The first-order valence-electron chi connectivity index (χ1n) is 18.2. The van der Waals surface area contributed by atoms with Crippen molar-refractivity contribution >= 4 is 41.6 Å². The van der Waals surface area contributed by atoms with Crippen LogP contribution in [0.5, 0.6) is 0 Å². The average Bonchev–Trinajstić information content (AvgIpc) is 3.17. The van der Waals surface area contributed by atoms with Crippen LogP contribution in [0, 0.1) is 0 Å². The number of carbonyl (C=O) groups excluding carboxylic acids is 3. The van der Waals surface area contributed by atoms with E-state index in [4.69, 9.17) is 14.7 Å². The summed E-state index contributed by atoms with van der Waals surface area (Å²) in [7, 11) is -18.0. The first kappa shape index (κ1) is 51.9. The zero-order chi connectivity index (χ0) is 45.9. The van der Waals surface area contributed by atoms with Gasteiger partial charge in [0, 0.05) is 58.5 Å². The van der Waals surface area contributed by atoms with Gasteiger partial charge in [0.25, 0.3) is 0 Å².